The molecular formula is C48H31NO2. The molecule has 51 heavy (non-hydrogen) atoms. The highest BCUT2D eigenvalue weighted by Crippen LogP contribution is 2.43. The third-order valence-electron chi connectivity index (χ3n) is 9.90. The molecule has 10 rings (SSSR count). The van der Waals surface area contributed by atoms with Gasteiger partial charge >= 0.3 is 0 Å². The number of hydrogen-bond donors (Lipinski definition) is 0. The molecule has 0 aliphatic rings. The van der Waals surface area contributed by atoms with Gasteiger partial charge in [0, 0.05) is 44.2 Å². The van der Waals surface area contributed by atoms with Crippen LogP contribution in [0.3, 0.4) is 0 Å². The van der Waals surface area contributed by atoms with Gasteiger partial charge in [-0.1, -0.05) is 133 Å². The van der Waals surface area contributed by atoms with Crippen LogP contribution in [0, 0.1) is 0 Å². The fourth-order valence-corrected chi connectivity index (χ4v) is 7.54. The van der Waals surface area contributed by atoms with Crippen LogP contribution in [0.4, 0.5) is 17.1 Å². The van der Waals surface area contributed by atoms with Gasteiger partial charge in [0.1, 0.15) is 22.3 Å². The van der Waals surface area contributed by atoms with Crippen molar-refractivity contribution in [3.05, 3.63) is 188 Å². The number of hydrogen-bond acceptors (Lipinski definition) is 3. The highest BCUT2D eigenvalue weighted by Gasteiger charge is 2.19. The maximum atomic E-state index is 6.61. The van der Waals surface area contributed by atoms with Crippen LogP contribution in [-0.4, -0.2) is 0 Å². The Balaban J connectivity index is 1.04. The lowest BCUT2D eigenvalue weighted by Crippen LogP contribution is -2.09. The molecule has 0 unspecified atom stereocenters. The third-order valence-corrected chi connectivity index (χ3v) is 9.90. The van der Waals surface area contributed by atoms with Crippen molar-refractivity contribution >= 4 is 60.9 Å². The summed E-state index contributed by atoms with van der Waals surface area (Å²) in [5.41, 5.74) is 13.7. The smallest absolute Gasteiger partial charge is 0.143 e. The van der Waals surface area contributed by atoms with Crippen molar-refractivity contribution in [3.8, 4) is 33.4 Å². The largest absolute Gasteiger partial charge is 0.456 e. The van der Waals surface area contributed by atoms with Crippen LogP contribution in [0.25, 0.3) is 77.3 Å². The van der Waals surface area contributed by atoms with Gasteiger partial charge in [-0.05, 0) is 82.4 Å². The number of furan rings is 2. The van der Waals surface area contributed by atoms with Crippen LogP contribution in [0.1, 0.15) is 0 Å². The highest BCUT2D eigenvalue weighted by molar-refractivity contribution is 6.26. The van der Waals surface area contributed by atoms with Gasteiger partial charge in [-0.3, -0.25) is 0 Å². The fraction of sp³-hybridized carbons (Fsp3) is 0. The summed E-state index contributed by atoms with van der Waals surface area (Å²) in [7, 11) is 0. The number of benzene rings is 8. The van der Waals surface area contributed by atoms with E-state index in [0.29, 0.717) is 0 Å². The van der Waals surface area contributed by atoms with Crippen molar-refractivity contribution in [3.63, 3.8) is 0 Å². The molecule has 0 N–H and O–H groups in total. The number of para-hydroxylation sites is 3. The molecule has 3 heteroatoms. The first-order valence-corrected chi connectivity index (χ1v) is 17.3. The van der Waals surface area contributed by atoms with Crippen molar-refractivity contribution < 1.29 is 8.83 Å². The van der Waals surface area contributed by atoms with Crippen molar-refractivity contribution in [2.75, 3.05) is 4.90 Å². The Kier molecular flexibility index (Phi) is 6.81. The molecule has 0 radical (unpaired) electrons. The summed E-state index contributed by atoms with van der Waals surface area (Å²) < 4.78 is 12.8. The second-order valence-corrected chi connectivity index (χ2v) is 12.9. The number of rotatable bonds is 6. The van der Waals surface area contributed by atoms with E-state index in [9.17, 15) is 0 Å². The van der Waals surface area contributed by atoms with Gasteiger partial charge in [0.15, 0.2) is 0 Å². The molecule has 0 fully saturated rings. The Morgan fingerprint density at radius 3 is 1.45 bits per heavy atom. The molecule has 0 spiro atoms. The zero-order valence-electron chi connectivity index (χ0n) is 27.7. The lowest BCUT2D eigenvalue weighted by atomic mass is 9.94. The lowest BCUT2D eigenvalue weighted by Gasteiger charge is -2.26. The molecule has 0 aliphatic carbocycles. The van der Waals surface area contributed by atoms with Gasteiger partial charge in [-0.15, -0.1) is 0 Å². The quantitative estimate of drug-likeness (QED) is 0.179. The molecule has 0 atom stereocenters. The molecule has 2 heterocycles. The van der Waals surface area contributed by atoms with Crippen molar-refractivity contribution in [2.24, 2.45) is 0 Å². The van der Waals surface area contributed by atoms with Gasteiger partial charge in [-0.2, -0.15) is 0 Å². The van der Waals surface area contributed by atoms with Crippen LogP contribution in [0.2, 0.25) is 0 Å². The molecule has 240 valence electrons. The van der Waals surface area contributed by atoms with E-state index in [4.69, 9.17) is 8.83 Å². The maximum Gasteiger partial charge on any atom is 0.143 e. The summed E-state index contributed by atoms with van der Waals surface area (Å²) in [6.07, 6.45) is 0. The average Bonchev–Trinajstić information content (AvgIpc) is 3.78. The van der Waals surface area contributed by atoms with Gasteiger partial charge in [0.2, 0.25) is 0 Å². The van der Waals surface area contributed by atoms with Gasteiger partial charge in [0.05, 0.1) is 0 Å². The topological polar surface area (TPSA) is 29.5 Å². The molecule has 0 amide bonds. The fourth-order valence-electron chi connectivity index (χ4n) is 7.54. The van der Waals surface area contributed by atoms with Crippen LogP contribution < -0.4 is 4.90 Å². The Hall–Kier alpha value is -6.84. The normalized spacial score (nSPS) is 11.5. The Labute approximate surface area is 295 Å². The summed E-state index contributed by atoms with van der Waals surface area (Å²) >= 11 is 0. The lowest BCUT2D eigenvalue weighted by molar-refractivity contribution is 0.663. The first-order chi connectivity index (χ1) is 25.3. The van der Waals surface area contributed by atoms with Crippen molar-refractivity contribution in [2.45, 2.75) is 0 Å². The van der Waals surface area contributed by atoms with Crippen LogP contribution in [0.5, 0.6) is 0 Å². The van der Waals surface area contributed by atoms with Gasteiger partial charge < -0.3 is 13.7 Å². The summed E-state index contributed by atoms with van der Waals surface area (Å²) in [4.78, 5) is 2.30. The third kappa shape index (κ3) is 4.90. The molecule has 0 saturated carbocycles. The second-order valence-electron chi connectivity index (χ2n) is 12.9. The minimum Gasteiger partial charge on any atom is -0.456 e. The number of fused-ring (bicyclic) bond motifs is 7. The summed E-state index contributed by atoms with van der Waals surface area (Å²) in [6.45, 7) is 0. The van der Waals surface area contributed by atoms with E-state index >= 15 is 0 Å². The van der Waals surface area contributed by atoms with E-state index in [1.54, 1.807) is 0 Å². The predicted molar refractivity (Wildman–Crippen MR) is 212 cm³/mol. The SMILES string of the molecule is c1ccc(-c2ccccc2-c2ccc(N(c3ccccc3)c3ccc(-c4cccc5c4oc4ccc6oc7ccccc7c6c45)cc3)cc2)cc1. The Morgan fingerprint density at radius 1 is 0.294 bits per heavy atom. The van der Waals surface area contributed by atoms with E-state index in [-0.39, 0.29) is 0 Å². The van der Waals surface area contributed by atoms with E-state index in [1.165, 1.54) is 22.3 Å². The number of nitrogens with zero attached hydrogens (tertiary/aromatic N) is 1. The summed E-state index contributed by atoms with van der Waals surface area (Å²) in [5, 5.41) is 4.38. The molecule has 3 nitrogen and oxygen atoms in total. The molecule has 8 aromatic carbocycles. The van der Waals surface area contributed by atoms with Crippen molar-refractivity contribution in [1.82, 2.24) is 0 Å². The first kappa shape index (κ1) is 29.1. The summed E-state index contributed by atoms with van der Waals surface area (Å²) in [5.74, 6) is 0. The van der Waals surface area contributed by atoms with Crippen LogP contribution in [0.15, 0.2) is 197 Å². The maximum absolute atomic E-state index is 6.61. The summed E-state index contributed by atoms with van der Waals surface area (Å²) in [6, 6.07) is 66.1. The average molecular weight is 654 g/mol. The van der Waals surface area contributed by atoms with E-state index in [2.05, 4.69) is 169 Å². The minimum absolute atomic E-state index is 0.859. The second kappa shape index (κ2) is 11.9. The molecule has 10 aromatic rings. The molecule has 0 bridgehead atoms. The molecule has 2 aromatic heterocycles. The zero-order chi connectivity index (χ0) is 33.7. The monoisotopic (exact) mass is 653 g/mol. The van der Waals surface area contributed by atoms with E-state index < -0.39 is 0 Å². The Morgan fingerprint density at radius 2 is 0.765 bits per heavy atom. The minimum atomic E-state index is 0.859. The standard InChI is InChI=1S/C48H31NO2/c1-3-12-32(13-4-1)38-16-7-8-17-39(38)33-22-26-36(27-23-33)49(35-14-5-2-6-15-35)37-28-24-34(25-29-37)40-19-11-20-42-47-45(51-48(40)42)31-30-44-46(47)41-18-9-10-21-43(41)50-44/h1-31H. The molecule has 0 saturated heterocycles. The molecular weight excluding hydrogens is 623 g/mol. The van der Waals surface area contributed by atoms with Crippen molar-refractivity contribution in [1.29, 1.82) is 0 Å². The highest BCUT2D eigenvalue weighted by atomic mass is 16.3. The van der Waals surface area contributed by atoms with E-state index in [1.807, 2.05) is 24.3 Å². The van der Waals surface area contributed by atoms with E-state index in [0.717, 1.165) is 72.1 Å². The molecule has 0 aliphatic heterocycles. The predicted octanol–water partition coefficient (Wildman–Crippen LogP) is 14.0. The van der Waals surface area contributed by atoms with Gasteiger partial charge in [-0.25, -0.2) is 0 Å². The zero-order valence-corrected chi connectivity index (χ0v) is 27.7. The first-order valence-electron chi connectivity index (χ1n) is 17.3. The Bertz CT molecular complexity index is 2830. The van der Waals surface area contributed by atoms with Crippen LogP contribution in [-0.2, 0) is 0 Å². The number of anilines is 3. The van der Waals surface area contributed by atoms with Crippen LogP contribution >= 0.6 is 0 Å². The van der Waals surface area contributed by atoms with Gasteiger partial charge in [0.25, 0.3) is 0 Å².